The van der Waals surface area contributed by atoms with Gasteiger partial charge in [-0.2, -0.15) is 18.2 Å². The van der Waals surface area contributed by atoms with Crippen molar-refractivity contribution in [1.82, 2.24) is 4.90 Å². The van der Waals surface area contributed by atoms with Crippen molar-refractivity contribution in [3.63, 3.8) is 0 Å². The molecule has 1 aliphatic rings. The maximum Gasteiger partial charge on any atom is 0.416 e. The zero-order valence-corrected chi connectivity index (χ0v) is 17.0. The fourth-order valence-electron chi connectivity index (χ4n) is 3.80. The third-order valence-electron chi connectivity index (χ3n) is 5.39. The van der Waals surface area contributed by atoms with Crippen LogP contribution in [0.1, 0.15) is 45.8 Å². The summed E-state index contributed by atoms with van der Waals surface area (Å²) in [6.45, 7) is 0.605. The van der Waals surface area contributed by atoms with E-state index in [1.807, 2.05) is 0 Å². The van der Waals surface area contributed by atoms with Crippen molar-refractivity contribution < 1.29 is 27.2 Å². The Morgan fingerprint density at radius 3 is 2.22 bits per heavy atom. The summed E-state index contributed by atoms with van der Waals surface area (Å²) in [5.74, 6) is -2.47. The summed E-state index contributed by atoms with van der Waals surface area (Å²) in [6.07, 6.45) is -3.88. The van der Waals surface area contributed by atoms with Gasteiger partial charge in [0.15, 0.2) is 5.96 Å². The Kier molecular flexibility index (Phi) is 6.81. The van der Waals surface area contributed by atoms with Crippen molar-refractivity contribution in [3.05, 3.63) is 70.5 Å². The van der Waals surface area contributed by atoms with E-state index in [1.54, 1.807) is 4.90 Å². The van der Waals surface area contributed by atoms with Gasteiger partial charge in [0.25, 0.3) is 5.91 Å². The minimum atomic E-state index is -4.67. The maximum atomic E-state index is 13.7. The molecular weight excluding hydrogens is 428 g/mol. The van der Waals surface area contributed by atoms with Crippen molar-refractivity contribution in [2.75, 3.05) is 13.1 Å². The largest absolute Gasteiger partial charge is 0.416 e. The van der Waals surface area contributed by atoms with Gasteiger partial charge in [-0.05, 0) is 54.2 Å². The van der Waals surface area contributed by atoms with Gasteiger partial charge in [0, 0.05) is 18.7 Å². The Bertz CT molecular complexity index is 1020. The molecular formula is C22H22F4N4O2. The maximum absolute atomic E-state index is 13.7. The van der Waals surface area contributed by atoms with Gasteiger partial charge in [-0.1, -0.05) is 18.2 Å². The summed E-state index contributed by atoms with van der Waals surface area (Å²) in [5, 5.41) is 0. The van der Waals surface area contributed by atoms with Crippen LogP contribution in [0.25, 0.3) is 0 Å². The van der Waals surface area contributed by atoms with Crippen molar-refractivity contribution >= 4 is 17.8 Å². The Morgan fingerprint density at radius 1 is 1.03 bits per heavy atom. The summed E-state index contributed by atoms with van der Waals surface area (Å²) < 4.78 is 54.1. The molecule has 2 amide bonds. The zero-order valence-electron chi connectivity index (χ0n) is 17.0. The number of halogens is 4. The smallest absolute Gasteiger partial charge is 0.370 e. The molecule has 0 bridgehead atoms. The van der Waals surface area contributed by atoms with Gasteiger partial charge in [0.05, 0.1) is 12.0 Å². The Morgan fingerprint density at radius 2 is 1.66 bits per heavy atom. The van der Waals surface area contributed by atoms with Crippen LogP contribution in [0, 0.1) is 5.82 Å². The number of aliphatic imine (C=N–C) groups is 1. The Hall–Kier alpha value is -3.43. The molecule has 0 atom stereocenters. The van der Waals surface area contributed by atoms with Crippen LogP contribution in [0.15, 0.2) is 47.5 Å². The Balaban J connectivity index is 1.72. The molecule has 1 saturated heterocycles. The fraction of sp³-hybridized carbons (Fsp3) is 0.318. The van der Waals surface area contributed by atoms with E-state index in [9.17, 15) is 27.2 Å². The zero-order chi connectivity index (χ0) is 23.5. The van der Waals surface area contributed by atoms with E-state index >= 15 is 0 Å². The fourth-order valence-corrected chi connectivity index (χ4v) is 3.80. The molecule has 170 valence electrons. The normalized spacial score (nSPS) is 14.8. The van der Waals surface area contributed by atoms with Crippen molar-refractivity contribution in [2.24, 2.45) is 16.5 Å². The predicted molar refractivity (Wildman–Crippen MR) is 110 cm³/mol. The first kappa shape index (κ1) is 23.2. The van der Waals surface area contributed by atoms with Gasteiger partial charge in [-0.15, -0.1) is 0 Å². The summed E-state index contributed by atoms with van der Waals surface area (Å²) in [6, 6.07) is 8.91. The lowest BCUT2D eigenvalue weighted by Gasteiger charge is -2.33. The number of likely N-dealkylation sites (tertiary alicyclic amines) is 1. The highest BCUT2D eigenvalue weighted by molar-refractivity contribution is 6.02. The number of carbonyl (C=O) groups excluding carboxylic acids is 2. The number of alkyl halides is 3. The summed E-state index contributed by atoms with van der Waals surface area (Å²) in [4.78, 5) is 29.3. The van der Waals surface area contributed by atoms with Crippen LogP contribution in [0.4, 0.5) is 17.6 Å². The summed E-state index contributed by atoms with van der Waals surface area (Å²) in [7, 11) is 0. The van der Waals surface area contributed by atoms with Crippen LogP contribution >= 0.6 is 0 Å². The van der Waals surface area contributed by atoms with Crippen LogP contribution in [0.5, 0.6) is 0 Å². The van der Waals surface area contributed by atoms with E-state index in [0.717, 1.165) is 6.07 Å². The van der Waals surface area contributed by atoms with E-state index in [4.69, 9.17) is 11.5 Å². The molecule has 0 aromatic heterocycles. The van der Waals surface area contributed by atoms with Gasteiger partial charge < -0.3 is 16.4 Å². The highest BCUT2D eigenvalue weighted by Gasteiger charge is 2.37. The van der Waals surface area contributed by atoms with Gasteiger partial charge in [0.2, 0.25) is 5.91 Å². The average molecular weight is 450 g/mol. The van der Waals surface area contributed by atoms with Crippen molar-refractivity contribution in [2.45, 2.75) is 31.4 Å². The van der Waals surface area contributed by atoms with E-state index in [0.29, 0.717) is 31.5 Å². The minimum absolute atomic E-state index is 0.0735. The molecule has 0 radical (unpaired) electrons. The third-order valence-corrected chi connectivity index (χ3v) is 5.39. The molecule has 1 fully saturated rings. The lowest BCUT2D eigenvalue weighted by Crippen LogP contribution is -2.39. The second kappa shape index (κ2) is 9.37. The average Bonchev–Trinajstić information content (AvgIpc) is 2.74. The summed E-state index contributed by atoms with van der Waals surface area (Å²) >= 11 is 0. The number of hydrogen-bond donors (Lipinski definition) is 2. The number of nitrogens with zero attached hydrogens (tertiary/aromatic N) is 2. The van der Waals surface area contributed by atoms with Gasteiger partial charge in [-0.3, -0.25) is 9.59 Å². The molecule has 10 heteroatoms. The second-order valence-corrected chi connectivity index (χ2v) is 7.60. The minimum Gasteiger partial charge on any atom is -0.370 e. The second-order valence-electron chi connectivity index (χ2n) is 7.60. The van der Waals surface area contributed by atoms with E-state index in [1.165, 1.54) is 36.4 Å². The van der Waals surface area contributed by atoms with Crippen LogP contribution in [0.3, 0.4) is 0 Å². The topological polar surface area (TPSA) is 102 Å². The van der Waals surface area contributed by atoms with Crippen LogP contribution in [-0.4, -0.2) is 35.8 Å². The number of nitrogens with two attached hydrogens (primary N) is 2. The number of guanidine groups is 1. The molecule has 2 aromatic carbocycles. The molecule has 1 heterocycles. The molecule has 0 unspecified atom stereocenters. The van der Waals surface area contributed by atoms with E-state index in [-0.39, 0.29) is 23.5 Å². The van der Waals surface area contributed by atoms with E-state index < -0.39 is 35.3 Å². The third kappa shape index (κ3) is 5.63. The number of rotatable bonds is 4. The number of benzene rings is 2. The van der Waals surface area contributed by atoms with Crippen LogP contribution in [-0.2, 0) is 17.4 Å². The molecule has 2 aromatic rings. The first-order valence-electron chi connectivity index (χ1n) is 9.92. The summed E-state index contributed by atoms with van der Waals surface area (Å²) in [5.41, 5.74) is 9.82. The highest BCUT2D eigenvalue weighted by atomic mass is 19.4. The molecule has 3 rings (SSSR count). The molecule has 0 aliphatic carbocycles. The molecule has 4 N–H and O–H groups in total. The van der Waals surface area contributed by atoms with Crippen molar-refractivity contribution in [3.8, 4) is 0 Å². The van der Waals surface area contributed by atoms with Gasteiger partial charge in [-0.25, -0.2) is 4.39 Å². The first-order valence-corrected chi connectivity index (χ1v) is 9.92. The number of amides is 2. The standard InChI is InChI=1S/C22H22F4N4O2/c23-16-4-1-13(2-5-16)11-19(31)30-9-7-14(8-10-30)17-6-3-15(20(32)29-21(27)28)12-18(17)22(24,25)26/h1-6,12,14H,7-11H2,(H4,27,28,29,32). The Labute approximate surface area is 181 Å². The van der Waals surface area contributed by atoms with Crippen molar-refractivity contribution in [1.29, 1.82) is 0 Å². The van der Waals surface area contributed by atoms with Crippen LogP contribution < -0.4 is 11.5 Å². The SMILES string of the molecule is NC(N)=NC(=O)c1ccc(C2CCN(C(=O)Cc3ccc(F)cc3)CC2)c(C(F)(F)F)c1. The number of piperidine rings is 1. The monoisotopic (exact) mass is 450 g/mol. The van der Waals surface area contributed by atoms with Crippen LogP contribution in [0.2, 0.25) is 0 Å². The molecule has 1 aliphatic heterocycles. The molecule has 32 heavy (non-hydrogen) atoms. The quantitative estimate of drug-likeness (QED) is 0.424. The van der Waals surface area contributed by atoms with Gasteiger partial charge in [0.1, 0.15) is 5.82 Å². The lowest BCUT2D eigenvalue weighted by molar-refractivity contribution is -0.139. The number of hydrogen-bond acceptors (Lipinski definition) is 2. The first-order chi connectivity index (χ1) is 15.0. The predicted octanol–water partition coefficient (Wildman–Crippen LogP) is 3.21. The van der Waals surface area contributed by atoms with E-state index in [2.05, 4.69) is 4.99 Å². The number of carbonyl (C=O) groups is 2. The lowest BCUT2D eigenvalue weighted by atomic mass is 9.85. The highest BCUT2D eigenvalue weighted by Crippen LogP contribution is 2.39. The molecule has 0 spiro atoms. The van der Waals surface area contributed by atoms with Gasteiger partial charge >= 0.3 is 6.18 Å². The molecule has 0 saturated carbocycles. The molecule has 6 nitrogen and oxygen atoms in total.